The molecule has 21 heavy (non-hydrogen) atoms. The summed E-state index contributed by atoms with van der Waals surface area (Å²) in [6, 6.07) is 10.5. The van der Waals surface area contributed by atoms with Gasteiger partial charge in [0.2, 0.25) is 0 Å². The van der Waals surface area contributed by atoms with Crippen LogP contribution in [0.15, 0.2) is 47.2 Å². The van der Waals surface area contributed by atoms with Crippen LogP contribution < -0.4 is 10.6 Å². The van der Waals surface area contributed by atoms with Gasteiger partial charge in [-0.25, -0.2) is 0 Å². The number of hydrogen-bond donors (Lipinski definition) is 2. The summed E-state index contributed by atoms with van der Waals surface area (Å²) < 4.78 is 2.92. The molecule has 4 nitrogen and oxygen atoms in total. The molecule has 1 unspecified atom stereocenters. The Morgan fingerprint density at radius 2 is 2.14 bits per heavy atom. The SMILES string of the molecule is CC(NC(=S)NCCCn1cc(Br)cn1)c1ccccc1. The molecule has 2 rings (SSSR count). The van der Waals surface area contributed by atoms with Crippen molar-refractivity contribution in [2.24, 2.45) is 0 Å². The minimum Gasteiger partial charge on any atom is -0.363 e. The maximum atomic E-state index is 5.31. The van der Waals surface area contributed by atoms with Crippen molar-refractivity contribution in [1.29, 1.82) is 0 Å². The molecule has 2 N–H and O–H groups in total. The van der Waals surface area contributed by atoms with E-state index in [0.717, 1.165) is 24.0 Å². The minimum absolute atomic E-state index is 0.202. The minimum atomic E-state index is 0.202. The van der Waals surface area contributed by atoms with Crippen LogP contribution in [0, 0.1) is 0 Å². The molecule has 1 aromatic heterocycles. The van der Waals surface area contributed by atoms with Crippen LogP contribution in [0.1, 0.15) is 24.9 Å². The second-order valence-electron chi connectivity index (χ2n) is 4.81. The highest BCUT2D eigenvalue weighted by molar-refractivity contribution is 9.10. The van der Waals surface area contributed by atoms with Crippen LogP contribution in [-0.4, -0.2) is 21.4 Å². The maximum Gasteiger partial charge on any atom is 0.166 e. The summed E-state index contributed by atoms with van der Waals surface area (Å²) in [6.07, 6.45) is 4.73. The van der Waals surface area contributed by atoms with E-state index in [-0.39, 0.29) is 6.04 Å². The normalized spacial score (nSPS) is 11.9. The van der Waals surface area contributed by atoms with E-state index in [1.54, 1.807) is 6.20 Å². The van der Waals surface area contributed by atoms with Crippen LogP contribution in [0.5, 0.6) is 0 Å². The lowest BCUT2D eigenvalue weighted by atomic mass is 10.1. The van der Waals surface area contributed by atoms with Gasteiger partial charge in [0.05, 0.1) is 16.7 Å². The molecule has 0 bridgehead atoms. The molecule has 0 spiro atoms. The maximum absolute atomic E-state index is 5.31. The summed E-state index contributed by atoms with van der Waals surface area (Å²) in [5.74, 6) is 0. The van der Waals surface area contributed by atoms with Gasteiger partial charge < -0.3 is 10.6 Å². The van der Waals surface area contributed by atoms with Gasteiger partial charge >= 0.3 is 0 Å². The average molecular weight is 367 g/mol. The van der Waals surface area contributed by atoms with Gasteiger partial charge in [-0.05, 0) is 47.1 Å². The number of nitrogens with zero attached hydrogens (tertiary/aromatic N) is 2. The number of aromatic nitrogens is 2. The number of benzene rings is 1. The number of rotatable bonds is 6. The van der Waals surface area contributed by atoms with Gasteiger partial charge in [-0.15, -0.1) is 0 Å². The summed E-state index contributed by atoms with van der Waals surface area (Å²) in [5, 5.41) is 11.4. The van der Waals surface area contributed by atoms with Crippen LogP contribution in [0.25, 0.3) is 0 Å². The van der Waals surface area contributed by atoms with Gasteiger partial charge in [0.15, 0.2) is 5.11 Å². The average Bonchev–Trinajstić information content (AvgIpc) is 2.90. The van der Waals surface area contributed by atoms with Gasteiger partial charge in [-0.2, -0.15) is 5.10 Å². The van der Waals surface area contributed by atoms with Crippen molar-refractivity contribution in [3.05, 3.63) is 52.8 Å². The quantitative estimate of drug-likeness (QED) is 0.608. The lowest BCUT2D eigenvalue weighted by Gasteiger charge is -2.17. The molecule has 0 amide bonds. The Balaban J connectivity index is 1.65. The number of halogens is 1. The molecule has 0 aliphatic carbocycles. The van der Waals surface area contributed by atoms with Crippen molar-refractivity contribution in [2.75, 3.05) is 6.54 Å². The second kappa shape index (κ2) is 8.14. The highest BCUT2D eigenvalue weighted by atomic mass is 79.9. The van der Waals surface area contributed by atoms with Crippen LogP contribution in [0.3, 0.4) is 0 Å². The van der Waals surface area contributed by atoms with E-state index in [0.29, 0.717) is 5.11 Å². The predicted molar refractivity (Wildman–Crippen MR) is 93.1 cm³/mol. The Labute approximate surface area is 139 Å². The molecule has 6 heteroatoms. The predicted octanol–water partition coefficient (Wildman–Crippen LogP) is 3.26. The third-order valence-electron chi connectivity index (χ3n) is 3.10. The molecule has 0 aliphatic heterocycles. The fraction of sp³-hybridized carbons (Fsp3) is 0.333. The standard InChI is InChI=1S/C15H19BrN4S/c1-12(13-6-3-2-4-7-13)19-15(21)17-8-5-9-20-11-14(16)10-18-20/h2-4,6-7,10-12H,5,8-9H2,1H3,(H2,17,19,21). The highest BCUT2D eigenvalue weighted by Crippen LogP contribution is 2.10. The van der Waals surface area contributed by atoms with Gasteiger partial charge in [0, 0.05) is 19.3 Å². The van der Waals surface area contributed by atoms with Gasteiger partial charge in [0.1, 0.15) is 0 Å². The zero-order chi connectivity index (χ0) is 15.1. The molecule has 1 aromatic carbocycles. The first-order chi connectivity index (χ1) is 10.1. The van der Waals surface area contributed by atoms with Crippen molar-refractivity contribution in [1.82, 2.24) is 20.4 Å². The molecule has 0 fully saturated rings. The number of hydrogen-bond acceptors (Lipinski definition) is 2. The van der Waals surface area contributed by atoms with Crippen molar-refractivity contribution in [3.63, 3.8) is 0 Å². The van der Waals surface area contributed by atoms with Gasteiger partial charge in [-0.3, -0.25) is 4.68 Å². The molecule has 1 atom stereocenters. The van der Waals surface area contributed by atoms with E-state index >= 15 is 0 Å². The number of nitrogens with one attached hydrogen (secondary N) is 2. The molecule has 0 aliphatic rings. The number of aryl methyl sites for hydroxylation is 1. The lowest BCUT2D eigenvalue weighted by Crippen LogP contribution is -2.37. The summed E-state index contributed by atoms with van der Waals surface area (Å²) in [6.45, 7) is 3.80. The Morgan fingerprint density at radius 1 is 1.38 bits per heavy atom. The zero-order valence-electron chi connectivity index (χ0n) is 11.9. The van der Waals surface area contributed by atoms with Crippen molar-refractivity contribution < 1.29 is 0 Å². The molecule has 0 saturated carbocycles. The Bertz CT molecular complexity index is 570. The van der Waals surface area contributed by atoms with Crippen LogP contribution >= 0.6 is 28.1 Å². The van der Waals surface area contributed by atoms with Crippen LogP contribution in [0.4, 0.5) is 0 Å². The van der Waals surface area contributed by atoms with Crippen molar-refractivity contribution in [2.45, 2.75) is 25.9 Å². The Morgan fingerprint density at radius 3 is 2.81 bits per heavy atom. The van der Waals surface area contributed by atoms with E-state index in [1.807, 2.05) is 29.1 Å². The molecule has 0 saturated heterocycles. The second-order valence-corrected chi connectivity index (χ2v) is 6.13. The monoisotopic (exact) mass is 366 g/mol. The summed E-state index contributed by atoms with van der Waals surface area (Å²) in [7, 11) is 0. The molecule has 2 aromatic rings. The summed E-state index contributed by atoms with van der Waals surface area (Å²) in [5.41, 5.74) is 1.23. The third-order valence-corrected chi connectivity index (χ3v) is 3.77. The first kappa shape index (κ1) is 16.0. The summed E-state index contributed by atoms with van der Waals surface area (Å²) >= 11 is 8.70. The van der Waals surface area contributed by atoms with E-state index in [9.17, 15) is 0 Å². The highest BCUT2D eigenvalue weighted by Gasteiger charge is 2.05. The fourth-order valence-electron chi connectivity index (χ4n) is 1.98. The van der Waals surface area contributed by atoms with E-state index < -0.39 is 0 Å². The fourth-order valence-corrected chi connectivity index (χ4v) is 2.58. The van der Waals surface area contributed by atoms with Gasteiger partial charge in [0.25, 0.3) is 0 Å². The van der Waals surface area contributed by atoms with E-state index in [2.05, 4.69) is 50.7 Å². The van der Waals surface area contributed by atoms with E-state index in [4.69, 9.17) is 12.2 Å². The topological polar surface area (TPSA) is 41.9 Å². The van der Waals surface area contributed by atoms with Crippen LogP contribution in [0.2, 0.25) is 0 Å². The van der Waals surface area contributed by atoms with Crippen molar-refractivity contribution >= 4 is 33.3 Å². The lowest BCUT2D eigenvalue weighted by molar-refractivity contribution is 0.569. The van der Waals surface area contributed by atoms with Crippen molar-refractivity contribution in [3.8, 4) is 0 Å². The third kappa shape index (κ3) is 5.47. The molecule has 112 valence electrons. The molecule has 1 heterocycles. The smallest absolute Gasteiger partial charge is 0.166 e. The first-order valence-corrected chi connectivity index (χ1v) is 8.12. The zero-order valence-corrected chi connectivity index (χ0v) is 14.3. The molecular weight excluding hydrogens is 348 g/mol. The van der Waals surface area contributed by atoms with Crippen LogP contribution in [-0.2, 0) is 6.54 Å². The molecule has 0 radical (unpaired) electrons. The van der Waals surface area contributed by atoms with Gasteiger partial charge in [-0.1, -0.05) is 30.3 Å². The summed E-state index contributed by atoms with van der Waals surface area (Å²) in [4.78, 5) is 0. The Kier molecular flexibility index (Phi) is 6.20. The molecular formula is C15H19BrN4S. The number of thiocarbonyl (C=S) groups is 1. The largest absolute Gasteiger partial charge is 0.363 e. The van der Waals surface area contributed by atoms with E-state index in [1.165, 1.54) is 5.56 Å². The Hall–Kier alpha value is -1.40. The first-order valence-electron chi connectivity index (χ1n) is 6.92.